The first-order chi connectivity index (χ1) is 14.6. The van der Waals surface area contributed by atoms with Crippen molar-refractivity contribution >= 4 is 41.5 Å². The third kappa shape index (κ3) is 5.83. The summed E-state index contributed by atoms with van der Waals surface area (Å²) in [5, 5.41) is 9.94. The Bertz CT molecular complexity index is 736. The lowest BCUT2D eigenvalue weighted by Crippen LogP contribution is -2.65. The number of carbonyl (C=O) groups excluding carboxylic acids is 1. The van der Waals surface area contributed by atoms with Crippen molar-refractivity contribution in [1.29, 1.82) is 0 Å². The lowest BCUT2D eigenvalue weighted by molar-refractivity contribution is -0.133. The second-order valence-electron chi connectivity index (χ2n) is 8.18. The fourth-order valence-electron chi connectivity index (χ4n) is 4.81. The van der Waals surface area contributed by atoms with Crippen molar-refractivity contribution in [2.24, 2.45) is 10.4 Å². The first kappa shape index (κ1) is 25.7. The molecule has 2 atom stereocenters. The van der Waals surface area contributed by atoms with Crippen molar-refractivity contribution in [3.8, 4) is 0 Å². The monoisotopic (exact) mass is 543 g/mol. The zero-order chi connectivity index (χ0) is 21.6. The summed E-state index contributed by atoms with van der Waals surface area (Å²) < 4.78 is 5.99. The molecule has 1 aromatic rings. The molecule has 2 fully saturated rings. The molecule has 0 aromatic heterocycles. The number of rotatable bonds is 8. The molecule has 3 rings (SSSR count). The van der Waals surface area contributed by atoms with Gasteiger partial charge < -0.3 is 25.6 Å². The molecule has 174 valence electrons. The van der Waals surface area contributed by atoms with Crippen molar-refractivity contribution in [2.75, 3.05) is 38.2 Å². The quantitative estimate of drug-likeness (QED) is 0.267. The van der Waals surface area contributed by atoms with Gasteiger partial charge in [-0.15, -0.1) is 24.0 Å². The van der Waals surface area contributed by atoms with E-state index in [9.17, 15) is 4.79 Å². The summed E-state index contributed by atoms with van der Waals surface area (Å²) in [6.45, 7) is 10.0. The van der Waals surface area contributed by atoms with E-state index in [1.54, 1.807) is 0 Å². The highest BCUT2D eigenvalue weighted by atomic mass is 127. The van der Waals surface area contributed by atoms with E-state index in [1.165, 1.54) is 5.56 Å². The summed E-state index contributed by atoms with van der Waals surface area (Å²) in [6, 6.07) is 8.77. The summed E-state index contributed by atoms with van der Waals surface area (Å²) >= 11 is 0. The highest BCUT2D eigenvalue weighted by molar-refractivity contribution is 14.0. The fraction of sp³-hybridized carbons (Fsp3) is 0.652. The largest absolute Gasteiger partial charge is 0.378 e. The van der Waals surface area contributed by atoms with E-state index in [0.717, 1.165) is 44.1 Å². The van der Waals surface area contributed by atoms with Crippen molar-refractivity contribution in [3.63, 3.8) is 0 Å². The van der Waals surface area contributed by atoms with E-state index in [4.69, 9.17) is 4.74 Å². The van der Waals surface area contributed by atoms with Crippen molar-refractivity contribution in [2.45, 2.75) is 58.7 Å². The highest BCUT2D eigenvalue weighted by Gasteiger charge is 2.53. The standard InChI is InChI=1S/C23H37N5O2.HI/c1-5-23(6-2)19(14-20(23)30-7-3)27-22(24-4)26-15-17-8-10-18(11-9-17)28-13-12-25-21(29)16-28;/h8-11,19-20H,5-7,12-16H2,1-4H3,(H,25,29)(H2,24,26,27);1H. The number of nitrogens with zero attached hydrogens (tertiary/aromatic N) is 2. The van der Waals surface area contributed by atoms with Crippen LogP contribution < -0.4 is 20.9 Å². The molecule has 1 aliphatic heterocycles. The molecule has 0 spiro atoms. The molecule has 7 nitrogen and oxygen atoms in total. The number of hydrogen-bond donors (Lipinski definition) is 3. The second-order valence-corrected chi connectivity index (χ2v) is 8.18. The van der Waals surface area contributed by atoms with Gasteiger partial charge in [0.15, 0.2) is 5.96 Å². The lowest BCUT2D eigenvalue weighted by atomic mass is 9.58. The first-order valence-electron chi connectivity index (χ1n) is 11.3. The molecule has 3 N–H and O–H groups in total. The van der Waals surface area contributed by atoms with Gasteiger partial charge in [-0.2, -0.15) is 0 Å². The minimum absolute atomic E-state index is 0. The smallest absolute Gasteiger partial charge is 0.239 e. The Morgan fingerprint density at radius 1 is 1.26 bits per heavy atom. The molecule has 1 aliphatic carbocycles. The number of halogens is 1. The normalized spacial score (nSPS) is 22.8. The fourth-order valence-corrected chi connectivity index (χ4v) is 4.81. The van der Waals surface area contributed by atoms with E-state index in [-0.39, 0.29) is 35.3 Å². The first-order valence-corrected chi connectivity index (χ1v) is 11.3. The maximum absolute atomic E-state index is 11.6. The van der Waals surface area contributed by atoms with Gasteiger partial charge in [-0.25, -0.2) is 0 Å². The molecular weight excluding hydrogens is 505 g/mol. The number of benzene rings is 1. The van der Waals surface area contributed by atoms with Gasteiger partial charge in [0.1, 0.15) is 0 Å². The number of anilines is 1. The number of guanidine groups is 1. The summed E-state index contributed by atoms with van der Waals surface area (Å²) in [4.78, 5) is 18.1. The molecule has 1 aromatic carbocycles. The Morgan fingerprint density at radius 3 is 2.55 bits per heavy atom. The minimum atomic E-state index is 0. The SMILES string of the molecule is CCOC1CC(NC(=NC)NCc2ccc(N3CCNC(=O)C3)cc2)C1(CC)CC.I. The predicted molar refractivity (Wildman–Crippen MR) is 137 cm³/mol. The average molecular weight is 543 g/mol. The Labute approximate surface area is 203 Å². The summed E-state index contributed by atoms with van der Waals surface area (Å²) in [7, 11) is 1.82. The van der Waals surface area contributed by atoms with Crippen LogP contribution >= 0.6 is 24.0 Å². The summed E-state index contributed by atoms with van der Waals surface area (Å²) in [5.74, 6) is 0.915. The topological polar surface area (TPSA) is 78.0 Å². The molecule has 2 unspecified atom stereocenters. The van der Waals surface area contributed by atoms with E-state index in [2.05, 4.69) is 70.9 Å². The number of carbonyl (C=O) groups is 1. The van der Waals surface area contributed by atoms with Crippen LogP contribution in [0, 0.1) is 5.41 Å². The van der Waals surface area contributed by atoms with Gasteiger partial charge in [-0.05, 0) is 43.9 Å². The number of hydrogen-bond acceptors (Lipinski definition) is 4. The average Bonchev–Trinajstić information content (AvgIpc) is 2.76. The van der Waals surface area contributed by atoms with Gasteiger partial charge in [0.2, 0.25) is 5.91 Å². The zero-order valence-electron chi connectivity index (χ0n) is 19.2. The molecule has 0 radical (unpaired) electrons. The van der Waals surface area contributed by atoms with Crippen LogP contribution in [0.15, 0.2) is 29.3 Å². The molecule has 31 heavy (non-hydrogen) atoms. The van der Waals surface area contributed by atoms with Crippen LogP contribution in [0.1, 0.15) is 45.6 Å². The van der Waals surface area contributed by atoms with Crippen LogP contribution in [-0.4, -0.2) is 57.3 Å². The molecule has 1 amide bonds. The molecule has 8 heteroatoms. The summed E-state index contributed by atoms with van der Waals surface area (Å²) in [6.07, 6.45) is 3.55. The Balaban J connectivity index is 0.00000341. The van der Waals surface area contributed by atoms with Gasteiger partial charge in [0.25, 0.3) is 0 Å². The van der Waals surface area contributed by atoms with Crippen LogP contribution in [0.3, 0.4) is 0 Å². The molecule has 0 bridgehead atoms. The maximum Gasteiger partial charge on any atom is 0.239 e. The summed E-state index contributed by atoms with van der Waals surface area (Å²) in [5.41, 5.74) is 2.44. The molecule has 1 heterocycles. The molecular formula is C23H38IN5O2. The molecule has 2 aliphatic rings. The van der Waals surface area contributed by atoms with Crippen molar-refractivity contribution < 1.29 is 9.53 Å². The number of amides is 1. The molecule has 1 saturated carbocycles. The van der Waals surface area contributed by atoms with Gasteiger partial charge in [-0.3, -0.25) is 9.79 Å². The zero-order valence-corrected chi connectivity index (χ0v) is 21.6. The Kier molecular flexibility index (Phi) is 9.87. The maximum atomic E-state index is 11.6. The Hall–Kier alpha value is -1.55. The van der Waals surface area contributed by atoms with Crippen LogP contribution in [0.2, 0.25) is 0 Å². The van der Waals surface area contributed by atoms with Gasteiger partial charge in [0, 0.05) is 50.4 Å². The van der Waals surface area contributed by atoms with Crippen molar-refractivity contribution in [1.82, 2.24) is 16.0 Å². The third-order valence-corrected chi connectivity index (χ3v) is 6.80. The highest BCUT2D eigenvalue weighted by Crippen LogP contribution is 2.48. The van der Waals surface area contributed by atoms with E-state index in [1.807, 2.05) is 7.05 Å². The van der Waals surface area contributed by atoms with E-state index >= 15 is 0 Å². The van der Waals surface area contributed by atoms with Crippen LogP contribution in [0.5, 0.6) is 0 Å². The minimum Gasteiger partial charge on any atom is -0.378 e. The van der Waals surface area contributed by atoms with Crippen LogP contribution in [-0.2, 0) is 16.1 Å². The number of ether oxygens (including phenoxy) is 1. The number of nitrogens with one attached hydrogen (secondary N) is 3. The third-order valence-electron chi connectivity index (χ3n) is 6.80. The second kappa shape index (κ2) is 11.9. The van der Waals surface area contributed by atoms with Gasteiger partial charge in [0.05, 0.1) is 12.6 Å². The van der Waals surface area contributed by atoms with Gasteiger partial charge in [-0.1, -0.05) is 26.0 Å². The Morgan fingerprint density at radius 2 is 1.97 bits per heavy atom. The van der Waals surface area contributed by atoms with Crippen molar-refractivity contribution in [3.05, 3.63) is 29.8 Å². The van der Waals surface area contributed by atoms with E-state index in [0.29, 0.717) is 31.8 Å². The van der Waals surface area contributed by atoms with Crippen LogP contribution in [0.4, 0.5) is 5.69 Å². The lowest BCUT2D eigenvalue weighted by Gasteiger charge is -2.55. The van der Waals surface area contributed by atoms with Gasteiger partial charge >= 0.3 is 0 Å². The predicted octanol–water partition coefficient (Wildman–Crippen LogP) is 2.89. The van der Waals surface area contributed by atoms with E-state index < -0.39 is 0 Å². The molecule has 1 saturated heterocycles. The number of aliphatic imine (C=N–C) groups is 1. The van der Waals surface area contributed by atoms with Crippen LogP contribution in [0.25, 0.3) is 0 Å². The number of piperazine rings is 1.